The van der Waals surface area contributed by atoms with E-state index in [9.17, 15) is 8.42 Å². The molecule has 0 aromatic heterocycles. The summed E-state index contributed by atoms with van der Waals surface area (Å²) in [5.74, 6) is 1.02. The number of hydrogen-bond donors (Lipinski definition) is 0. The number of rotatable bonds is 16. The summed E-state index contributed by atoms with van der Waals surface area (Å²) in [6, 6.07) is 0. The zero-order valence-electron chi connectivity index (χ0n) is 15.1. The normalized spacial score (nSPS) is 12.4. The predicted molar refractivity (Wildman–Crippen MR) is 90.6 cm³/mol. The minimum absolute atomic E-state index is 0.130. The summed E-state index contributed by atoms with van der Waals surface area (Å²) in [7, 11) is -3.88. The van der Waals surface area contributed by atoms with Gasteiger partial charge in [-0.1, -0.05) is 27.7 Å². The van der Waals surface area contributed by atoms with Crippen LogP contribution in [0.2, 0.25) is 0 Å². The van der Waals surface area contributed by atoms with Gasteiger partial charge in [0.25, 0.3) is 0 Å². The van der Waals surface area contributed by atoms with Gasteiger partial charge in [-0.15, -0.1) is 0 Å². The molecule has 0 amide bonds. The maximum Gasteiger partial charge on any atom is 0.399 e. The molecule has 0 atom stereocenters. The van der Waals surface area contributed by atoms with Crippen LogP contribution in [-0.4, -0.2) is 48.1 Å². The van der Waals surface area contributed by atoms with Gasteiger partial charge in [-0.05, 0) is 37.5 Å². The van der Waals surface area contributed by atoms with E-state index in [0.717, 1.165) is 26.1 Å². The van der Waals surface area contributed by atoms with E-state index in [-0.39, 0.29) is 13.2 Å². The molecule has 0 heterocycles. The van der Waals surface area contributed by atoms with Gasteiger partial charge in [0.2, 0.25) is 0 Å². The molecule has 0 bridgehead atoms. The average Bonchev–Trinajstić information content (AvgIpc) is 2.44. The molecular formula is C16H34O6S. The Labute approximate surface area is 142 Å². The Morgan fingerprint density at radius 3 is 1.35 bits per heavy atom. The lowest BCUT2D eigenvalue weighted by Crippen LogP contribution is -2.13. The van der Waals surface area contributed by atoms with Crippen molar-refractivity contribution in [3.05, 3.63) is 0 Å². The van der Waals surface area contributed by atoms with Crippen LogP contribution < -0.4 is 0 Å². The lowest BCUT2D eigenvalue weighted by Gasteiger charge is -2.08. The summed E-state index contributed by atoms with van der Waals surface area (Å²) in [5, 5.41) is 0. The Hall–Kier alpha value is -0.210. The minimum atomic E-state index is -3.88. The van der Waals surface area contributed by atoms with Gasteiger partial charge < -0.3 is 9.47 Å². The van der Waals surface area contributed by atoms with Crippen molar-refractivity contribution in [2.45, 2.75) is 53.4 Å². The zero-order valence-corrected chi connectivity index (χ0v) is 15.9. The molecule has 0 rings (SSSR count). The van der Waals surface area contributed by atoms with Crippen LogP contribution in [0, 0.1) is 11.8 Å². The van der Waals surface area contributed by atoms with Gasteiger partial charge in [-0.2, -0.15) is 8.42 Å². The Bertz CT molecular complexity index is 326. The third-order valence-electron chi connectivity index (χ3n) is 2.72. The van der Waals surface area contributed by atoms with Crippen LogP contribution in [0.25, 0.3) is 0 Å². The molecule has 0 aliphatic rings. The van der Waals surface area contributed by atoms with Crippen molar-refractivity contribution in [1.82, 2.24) is 0 Å². The van der Waals surface area contributed by atoms with Gasteiger partial charge >= 0.3 is 10.4 Å². The number of ether oxygens (including phenoxy) is 2. The minimum Gasteiger partial charge on any atom is -0.381 e. The van der Waals surface area contributed by atoms with E-state index in [2.05, 4.69) is 27.7 Å². The largest absolute Gasteiger partial charge is 0.399 e. The third kappa shape index (κ3) is 18.0. The highest BCUT2D eigenvalue weighted by Crippen LogP contribution is 2.03. The second kappa shape index (κ2) is 14.2. The SMILES string of the molecule is CC(C)COCCCCOS(=O)(=O)OCCCCOCC(C)C. The smallest absolute Gasteiger partial charge is 0.381 e. The average molecular weight is 355 g/mol. The van der Waals surface area contributed by atoms with Crippen molar-refractivity contribution in [3.8, 4) is 0 Å². The molecule has 23 heavy (non-hydrogen) atoms. The molecule has 0 saturated carbocycles. The van der Waals surface area contributed by atoms with Gasteiger partial charge in [0.05, 0.1) is 13.2 Å². The van der Waals surface area contributed by atoms with Crippen LogP contribution >= 0.6 is 0 Å². The fourth-order valence-electron chi connectivity index (χ4n) is 1.61. The molecule has 0 aliphatic carbocycles. The van der Waals surface area contributed by atoms with Crippen molar-refractivity contribution < 1.29 is 26.3 Å². The molecule has 6 nitrogen and oxygen atoms in total. The van der Waals surface area contributed by atoms with Crippen LogP contribution in [0.15, 0.2) is 0 Å². The van der Waals surface area contributed by atoms with Gasteiger partial charge in [0.15, 0.2) is 0 Å². The second-order valence-electron chi connectivity index (χ2n) is 6.40. The van der Waals surface area contributed by atoms with E-state index in [1.165, 1.54) is 0 Å². The Kier molecular flexibility index (Phi) is 14.0. The predicted octanol–water partition coefficient (Wildman–Crippen LogP) is 3.17. The van der Waals surface area contributed by atoms with Crippen LogP contribution in [0.5, 0.6) is 0 Å². The molecule has 7 heteroatoms. The highest BCUT2D eigenvalue weighted by molar-refractivity contribution is 7.81. The first-order valence-corrected chi connectivity index (χ1v) is 9.86. The summed E-state index contributed by atoms with van der Waals surface area (Å²) >= 11 is 0. The van der Waals surface area contributed by atoms with E-state index < -0.39 is 10.4 Å². The van der Waals surface area contributed by atoms with E-state index in [1.54, 1.807) is 0 Å². The summed E-state index contributed by atoms with van der Waals surface area (Å²) in [5.41, 5.74) is 0. The van der Waals surface area contributed by atoms with Crippen molar-refractivity contribution >= 4 is 10.4 Å². The Balaban J connectivity index is 3.44. The second-order valence-corrected chi connectivity index (χ2v) is 7.69. The lowest BCUT2D eigenvalue weighted by molar-refractivity contribution is 0.100. The van der Waals surface area contributed by atoms with Crippen LogP contribution in [0.1, 0.15) is 53.4 Å². The Morgan fingerprint density at radius 1 is 0.652 bits per heavy atom. The highest BCUT2D eigenvalue weighted by Gasteiger charge is 2.11. The molecule has 0 N–H and O–H groups in total. The topological polar surface area (TPSA) is 71.1 Å². The fraction of sp³-hybridized carbons (Fsp3) is 1.00. The number of hydrogen-bond acceptors (Lipinski definition) is 6. The van der Waals surface area contributed by atoms with Crippen molar-refractivity contribution in [1.29, 1.82) is 0 Å². The summed E-state index contributed by atoms with van der Waals surface area (Å²) < 4.78 is 43.3. The van der Waals surface area contributed by atoms with Crippen molar-refractivity contribution in [3.63, 3.8) is 0 Å². The lowest BCUT2D eigenvalue weighted by atomic mass is 10.2. The van der Waals surface area contributed by atoms with Gasteiger partial charge in [-0.3, -0.25) is 0 Å². The molecule has 0 aromatic carbocycles. The molecular weight excluding hydrogens is 320 g/mol. The standard InChI is InChI=1S/C16H34O6S/c1-15(2)13-19-9-5-7-11-21-23(17,18)22-12-8-6-10-20-14-16(3)4/h15-16H,5-14H2,1-4H3. The molecule has 0 aromatic rings. The molecule has 0 aliphatic heterocycles. The quantitative estimate of drug-likeness (QED) is 0.397. The van der Waals surface area contributed by atoms with Gasteiger partial charge in [0, 0.05) is 26.4 Å². The molecule has 0 fully saturated rings. The fourth-order valence-corrected chi connectivity index (χ4v) is 2.32. The van der Waals surface area contributed by atoms with Crippen LogP contribution in [0.3, 0.4) is 0 Å². The van der Waals surface area contributed by atoms with Crippen LogP contribution in [-0.2, 0) is 28.2 Å². The number of unbranched alkanes of at least 4 members (excludes halogenated alkanes) is 2. The summed E-state index contributed by atoms with van der Waals surface area (Å²) in [4.78, 5) is 0. The van der Waals surface area contributed by atoms with Crippen molar-refractivity contribution in [2.75, 3.05) is 39.6 Å². The van der Waals surface area contributed by atoms with E-state index in [4.69, 9.17) is 17.8 Å². The molecule has 0 saturated heterocycles. The molecule has 0 spiro atoms. The van der Waals surface area contributed by atoms with E-state index >= 15 is 0 Å². The highest BCUT2D eigenvalue weighted by atomic mass is 32.3. The Morgan fingerprint density at radius 2 is 1.00 bits per heavy atom. The summed E-state index contributed by atoms with van der Waals surface area (Å²) in [6.07, 6.45) is 2.80. The summed E-state index contributed by atoms with van der Waals surface area (Å²) in [6.45, 7) is 11.3. The van der Waals surface area contributed by atoms with Crippen LogP contribution in [0.4, 0.5) is 0 Å². The monoisotopic (exact) mass is 354 g/mol. The van der Waals surface area contributed by atoms with Gasteiger partial charge in [-0.25, -0.2) is 8.37 Å². The van der Waals surface area contributed by atoms with E-state index in [0.29, 0.717) is 37.9 Å². The van der Waals surface area contributed by atoms with Crippen molar-refractivity contribution in [2.24, 2.45) is 11.8 Å². The first-order valence-electron chi connectivity index (χ1n) is 8.52. The van der Waals surface area contributed by atoms with E-state index in [1.807, 2.05) is 0 Å². The zero-order chi connectivity index (χ0) is 17.6. The molecule has 0 unspecified atom stereocenters. The first-order chi connectivity index (χ1) is 10.8. The maximum absolute atomic E-state index is 11.5. The third-order valence-corrected chi connectivity index (χ3v) is 3.63. The first kappa shape index (κ1) is 22.8. The molecule has 140 valence electrons. The van der Waals surface area contributed by atoms with Gasteiger partial charge in [0.1, 0.15) is 0 Å². The molecule has 0 radical (unpaired) electrons. The maximum atomic E-state index is 11.5.